The standard InChI is InChI=1S/C20H18BrNO4S/c1-12-4-6-13(7-5-12)11-26-18-15(21)8-14(9-16(18)25-3)10-17-19(23)22(2)20(24)27-17/h4-10H,11H2,1-3H3/b17-10-. The van der Waals surface area contributed by atoms with Crippen LogP contribution in [0.15, 0.2) is 45.8 Å². The summed E-state index contributed by atoms with van der Waals surface area (Å²) >= 11 is 4.43. The lowest BCUT2D eigenvalue weighted by atomic mass is 10.1. The predicted octanol–water partition coefficient (Wildman–Crippen LogP) is 5.01. The van der Waals surface area contributed by atoms with Crippen LogP contribution in [0, 0.1) is 6.92 Å². The number of ether oxygens (including phenoxy) is 2. The van der Waals surface area contributed by atoms with E-state index in [-0.39, 0.29) is 11.1 Å². The van der Waals surface area contributed by atoms with Crippen LogP contribution in [0.3, 0.4) is 0 Å². The van der Waals surface area contributed by atoms with Gasteiger partial charge in [0, 0.05) is 7.05 Å². The fraction of sp³-hybridized carbons (Fsp3) is 0.200. The Labute approximate surface area is 170 Å². The highest BCUT2D eigenvalue weighted by molar-refractivity contribution is 9.10. The molecule has 1 heterocycles. The Kier molecular flexibility index (Phi) is 5.92. The minimum Gasteiger partial charge on any atom is -0.493 e. The third-order valence-corrected chi connectivity index (χ3v) is 5.59. The number of nitrogens with zero attached hydrogens (tertiary/aromatic N) is 1. The second kappa shape index (κ2) is 8.19. The minimum absolute atomic E-state index is 0.282. The van der Waals surface area contributed by atoms with Gasteiger partial charge in [-0.3, -0.25) is 14.5 Å². The SMILES string of the molecule is COc1cc(/C=C2\SC(=O)N(C)C2=O)cc(Br)c1OCc1ccc(C)cc1. The normalized spacial score (nSPS) is 15.6. The van der Waals surface area contributed by atoms with E-state index in [9.17, 15) is 9.59 Å². The molecule has 140 valence electrons. The average Bonchev–Trinajstić information content (AvgIpc) is 2.88. The Morgan fingerprint density at radius 1 is 1.19 bits per heavy atom. The molecule has 1 saturated heterocycles. The number of imide groups is 1. The van der Waals surface area contributed by atoms with E-state index in [4.69, 9.17) is 9.47 Å². The molecular formula is C20H18BrNO4S. The van der Waals surface area contributed by atoms with Crippen molar-refractivity contribution >= 4 is 44.9 Å². The molecule has 0 atom stereocenters. The molecule has 2 aromatic carbocycles. The maximum absolute atomic E-state index is 12.1. The molecule has 5 nitrogen and oxygen atoms in total. The zero-order chi connectivity index (χ0) is 19.6. The van der Waals surface area contributed by atoms with Gasteiger partial charge in [-0.1, -0.05) is 29.8 Å². The van der Waals surface area contributed by atoms with Crippen LogP contribution < -0.4 is 9.47 Å². The topological polar surface area (TPSA) is 55.8 Å². The zero-order valence-electron chi connectivity index (χ0n) is 15.1. The van der Waals surface area contributed by atoms with E-state index in [0.717, 1.165) is 27.8 Å². The number of benzene rings is 2. The molecule has 0 radical (unpaired) electrons. The van der Waals surface area contributed by atoms with E-state index >= 15 is 0 Å². The Bertz CT molecular complexity index is 924. The maximum Gasteiger partial charge on any atom is 0.293 e. The van der Waals surface area contributed by atoms with Crippen molar-refractivity contribution < 1.29 is 19.1 Å². The molecule has 27 heavy (non-hydrogen) atoms. The number of carbonyl (C=O) groups excluding carboxylic acids is 2. The number of likely N-dealkylation sites (N-methyl/N-ethyl adjacent to an activating group) is 1. The molecule has 0 N–H and O–H groups in total. The van der Waals surface area contributed by atoms with Crippen LogP contribution in [0.25, 0.3) is 6.08 Å². The molecule has 0 unspecified atom stereocenters. The molecule has 0 bridgehead atoms. The quantitative estimate of drug-likeness (QED) is 0.602. The summed E-state index contributed by atoms with van der Waals surface area (Å²) in [6.45, 7) is 2.44. The highest BCUT2D eigenvalue weighted by atomic mass is 79.9. The average molecular weight is 448 g/mol. The van der Waals surface area contributed by atoms with E-state index in [1.807, 2.05) is 37.3 Å². The Balaban J connectivity index is 1.84. The molecule has 1 fully saturated rings. The van der Waals surface area contributed by atoms with Gasteiger partial charge in [-0.05, 0) is 64.0 Å². The van der Waals surface area contributed by atoms with Gasteiger partial charge in [0.05, 0.1) is 16.5 Å². The van der Waals surface area contributed by atoms with Crippen molar-refractivity contribution in [1.29, 1.82) is 0 Å². The number of aryl methyl sites for hydroxylation is 1. The first-order valence-electron chi connectivity index (χ1n) is 8.16. The van der Waals surface area contributed by atoms with E-state index < -0.39 is 0 Å². The summed E-state index contributed by atoms with van der Waals surface area (Å²) in [5.41, 5.74) is 2.98. The molecule has 0 aliphatic carbocycles. The van der Waals surface area contributed by atoms with Gasteiger partial charge in [0.1, 0.15) is 6.61 Å². The smallest absolute Gasteiger partial charge is 0.293 e. The highest BCUT2D eigenvalue weighted by Crippen LogP contribution is 2.39. The first kappa shape index (κ1) is 19.5. The number of carbonyl (C=O) groups is 2. The van der Waals surface area contributed by atoms with Gasteiger partial charge in [-0.25, -0.2) is 0 Å². The molecule has 0 saturated carbocycles. The lowest BCUT2D eigenvalue weighted by Crippen LogP contribution is -2.22. The fourth-order valence-electron chi connectivity index (χ4n) is 2.50. The summed E-state index contributed by atoms with van der Waals surface area (Å²) in [4.78, 5) is 25.2. The predicted molar refractivity (Wildman–Crippen MR) is 110 cm³/mol. The molecule has 2 aromatic rings. The molecular weight excluding hydrogens is 430 g/mol. The van der Waals surface area contributed by atoms with Gasteiger partial charge >= 0.3 is 0 Å². The Morgan fingerprint density at radius 3 is 2.48 bits per heavy atom. The molecule has 7 heteroatoms. The van der Waals surface area contributed by atoms with Crippen LogP contribution >= 0.6 is 27.7 Å². The molecule has 1 aliphatic heterocycles. The number of amides is 2. The van der Waals surface area contributed by atoms with E-state index in [1.165, 1.54) is 12.6 Å². The van der Waals surface area contributed by atoms with E-state index in [0.29, 0.717) is 27.5 Å². The van der Waals surface area contributed by atoms with Crippen molar-refractivity contribution in [2.45, 2.75) is 13.5 Å². The molecule has 1 aliphatic rings. The minimum atomic E-state index is -0.306. The molecule has 3 rings (SSSR count). The number of methoxy groups -OCH3 is 1. The number of halogens is 1. The maximum atomic E-state index is 12.1. The van der Waals surface area contributed by atoms with Crippen molar-refractivity contribution in [2.24, 2.45) is 0 Å². The van der Waals surface area contributed by atoms with E-state index in [2.05, 4.69) is 15.9 Å². The van der Waals surface area contributed by atoms with Crippen molar-refractivity contribution in [1.82, 2.24) is 4.90 Å². The van der Waals surface area contributed by atoms with Crippen LogP contribution in [0.4, 0.5) is 4.79 Å². The van der Waals surface area contributed by atoms with Gasteiger partial charge in [-0.15, -0.1) is 0 Å². The van der Waals surface area contributed by atoms with Crippen LogP contribution in [0.5, 0.6) is 11.5 Å². The highest BCUT2D eigenvalue weighted by Gasteiger charge is 2.31. The van der Waals surface area contributed by atoms with Gasteiger partial charge in [0.25, 0.3) is 11.1 Å². The Hall–Kier alpha value is -2.25. The first-order chi connectivity index (χ1) is 12.9. The summed E-state index contributed by atoms with van der Waals surface area (Å²) in [5, 5.41) is -0.282. The number of thioether (sulfide) groups is 1. The van der Waals surface area contributed by atoms with Crippen LogP contribution in [-0.2, 0) is 11.4 Å². The summed E-state index contributed by atoms with van der Waals surface area (Å²) in [6, 6.07) is 11.7. The zero-order valence-corrected chi connectivity index (χ0v) is 17.5. The van der Waals surface area contributed by atoms with Crippen molar-refractivity contribution in [2.75, 3.05) is 14.2 Å². The van der Waals surface area contributed by atoms with Gasteiger partial charge in [-0.2, -0.15) is 0 Å². The number of hydrogen-bond acceptors (Lipinski definition) is 5. The second-order valence-corrected chi connectivity index (χ2v) is 7.90. The first-order valence-corrected chi connectivity index (χ1v) is 9.77. The summed E-state index contributed by atoms with van der Waals surface area (Å²) < 4.78 is 12.1. The number of hydrogen-bond donors (Lipinski definition) is 0. The van der Waals surface area contributed by atoms with E-state index in [1.54, 1.807) is 19.3 Å². The third kappa shape index (κ3) is 4.36. The van der Waals surface area contributed by atoms with Crippen LogP contribution in [-0.4, -0.2) is 30.2 Å². The van der Waals surface area contributed by atoms with Crippen molar-refractivity contribution in [3.8, 4) is 11.5 Å². The Morgan fingerprint density at radius 2 is 1.89 bits per heavy atom. The van der Waals surface area contributed by atoms with Crippen LogP contribution in [0.1, 0.15) is 16.7 Å². The largest absolute Gasteiger partial charge is 0.493 e. The molecule has 2 amide bonds. The number of rotatable bonds is 5. The lowest BCUT2D eigenvalue weighted by molar-refractivity contribution is -0.121. The fourth-order valence-corrected chi connectivity index (χ4v) is 3.90. The van der Waals surface area contributed by atoms with Gasteiger partial charge in [0.2, 0.25) is 0 Å². The van der Waals surface area contributed by atoms with Gasteiger partial charge in [0.15, 0.2) is 11.5 Å². The summed E-state index contributed by atoms with van der Waals surface area (Å²) in [5.74, 6) is 0.817. The monoisotopic (exact) mass is 447 g/mol. The lowest BCUT2D eigenvalue weighted by Gasteiger charge is -2.14. The molecule has 0 aromatic heterocycles. The second-order valence-electron chi connectivity index (χ2n) is 6.05. The van der Waals surface area contributed by atoms with Crippen LogP contribution in [0.2, 0.25) is 0 Å². The summed E-state index contributed by atoms with van der Waals surface area (Å²) in [7, 11) is 3.03. The van der Waals surface area contributed by atoms with Crippen molar-refractivity contribution in [3.05, 3.63) is 62.5 Å². The van der Waals surface area contributed by atoms with Gasteiger partial charge < -0.3 is 9.47 Å². The van der Waals surface area contributed by atoms with Crippen molar-refractivity contribution in [3.63, 3.8) is 0 Å². The molecule has 0 spiro atoms. The summed E-state index contributed by atoms with van der Waals surface area (Å²) in [6.07, 6.45) is 1.67. The third-order valence-electron chi connectivity index (χ3n) is 4.04.